The number of esters is 1. The van der Waals surface area contributed by atoms with Crippen molar-refractivity contribution in [3.63, 3.8) is 0 Å². The first kappa shape index (κ1) is 19.5. The summed E-state index contributed by atoms with van der Waals surface area (Å²) < 4.78 is 10.1. The van der Waals surface area contributed by atoms with Gasteiger partial charge in [-0.05, 0) is 27.2 Å². The van der Waals surface area contributed by atoms with E-state index in [1.165, 1.54) is 0 Å². The molecule has 0 aromatic heterocycles. The molecule has 132 valence electrons. The van der Waals surface area contributed by atoms with Gasteiger partial charge in [0.25, 0.3) is 0 Å². The molecule has 23 heavy (non-hydrogen) atoms. The van der Waals surface area contributed by atoms with E-state index in [1.807, 2.05) is 0 Å². The van der Waals surface area contributed by atoms with Gasteiger partial charge in [-0.3, -0.25) is 9.59 Å². The van der Waals surface area contributed by atoms with Crippen LogP contribution >= 0.6 is 0 Å². The number of hydrogen-bond donors (Lipinski definition) is 0. The summed E-state index contributed by atoms with van der Waals surface area (Å²) in [6.07, 6.45) is 4.04. The number of carbonyl (C=O) groups is 3. The summed E-state index contributed by atoms with van der Waals surface area (Å²) in [6, 6.07) is 0. The molecule has 2 amide bonds. The van der Waals surface area contributed by atoms with Crippen molar-refractivity contribution in [3.8, 4) is 0 Å². The molecule has 0 aliphatic carbocycles. The van der Waals surface area contributed by atoms with Crippen LogP contribution in [0.3, 0.4) is 0 Å². The number of carbonyl (C=O) groups excluding carboxylic acids is 3. The maximum atomic E-state index is 12.5. The lowest BCUT2D eigenvalue weighted by atomic mass is 9.95. The molecule has 1 aliphatic heterocycles. The van der Waals surface area contributed by atoms with E-state index in [0.29, 0.717) is 6.42 Å². The highest BCUT2D eigenvalue weighted by molar-refractivity contribution is 5.95. The highest BCUT2D eigenvalue weighted by Gasteiger charge is 2.35. The summed E-state index contributed by atoms with van der Waals surface area (Å²) in [5.74, 6) is -1.25. The maximum absolute atomic E-state index is 12.5. The van der Waals surface area contributed by atoms with Crippen molar-refractivity contribution in [2.24, 2.45) is 5.92 Å². The Kier molecular flexibility index (Phi) is 7.52. The molecule has 1 rings (SSSR count). The van der Waals surface area contributed by atoms with Gasteiger partial charge in [-0.1, -0.05) is 32.6 Å². The molecule has 1 saturated heterocycles. The number of imide groups is 1. The van der Waals surface area contributed by atoms with Gasteiger partial charge in [0, 0.05) is 5.92 Å². The molecule has 0 bridgehead atoms. The van der Waals surface area contributed by atoms with E-state index in [2.05, 4.69) is 6.92 Å². The SMILES string of the molecule is CCCCCC[C@H](CC(=O)OC(C)(C)C)C(=O)N1CCOC1=O. The second kappa shape index (κ2) is 8.89. The van der Waals surface area contributed by atoms with Crippen LogP contribution in [0.4, 0.5) is 4.79 Å². The molecule has 6 heteroatoms. The minimum atomic E-state index is -0.613. The van der Waals surface area contributed by atoms with Gasteiger partial charge in [0.15, 0.2) is 0 Å². The molecular weight excluding hydrogens is 298 g/mol. The quantitative estimate of drug-likeness (QED) is 0.505. The highest BCUT2D eigenvalue weighted by Crippen LogP contribution is 2.21. The molecule has 0 spiro atoms. The Labute approximate surface area is 138 Å². The first-order valence-electron chi connectivity index (χ1n) is 8.44. The Balaban J connectivity index is 2.65. The Morgan fingerprint density at radius 2 is 1.96 bits per heavy atom. The summed E-state index contributed by atoms with van der Waals surface area (Å²) in [5, 5.41) is 0. The number of rotatable bonds is 8. The third-order valence-electron chi connectivity index (χ3n) is 3.62. The second-order valence-electron chi connectivity index (χ2n) is 6.94. The van der Waals surface area contributed by atoms with Gasteiger partial charge in [0.05, 0.1) is 13.0 Å². The van der Waals surface area contributed by atoms with Crippen LogP contribution in [0.25, 0.3) is 0 Å². The zero-order valence-corrected chi connectivity index (χ0v) is 14.7. The Morgan fingerprint density at radius 3 is 2.48 bits per heavy atom. The van der Waals surface area contributed by atoms with Gasteiger partial charge in [0.2, 0.25) is 5.91 Å². The normalized spacial score (nSPS) is 16.2. The lowest BCUT2D eigenvalue weighted by Crippen LogP contribution is -2.38. The van der Waals surface area contributed by atoms with Crippen molar-refractivity contribution in [2.75, 3.05) is 13.2 Å². The molecule has 1 fully saturated rings. The summed E-state index contributed by atoms with van der Waals surface area (Å²) in [7, 11) is 0. The molecule has 1 atom stereocenters. The fourth-order valence-corrected chi connectivity index (χ4v) is 2.53. The number of unbranched alkanes of at least 4 members (excludes halogenated alkanes) is 3. The molecule has 1 heterocycles. The van der Waals surface area contributed by atoms with Crippen LogP contribution in [0.1, 0.15) is 66.2 Å². The molecule has 0 aromatic rings. The first-order chi connectivity index (χ1) is 10.7. The topological polar surface area (TPSA) is 72.9 Å². The van der Waals surface area contributed by atoms with Gasteiger partial charge in [-0.15, -0.1) is 0 Å². The highest BCUT2D eigenvalue weighted by atomic mass is 16.6. The predicted molar refractivity (Wildman–Crippen MR) is 85.8 cm³/mol. The zero-order valence-electron chi connectivity index (χ0n) is 14.7. The van der Waals surface area contributed by atoms with E-state index < -0.39 is 23.6 Å². The van der Waals surface area contributed by atoms with Crippen LogP contribution < -0.4 is 0 Å². The number of ether oxygens (including phenoxy) is 2. The standard InChI is InChI=1S/C17H29NO5/c1-5-6-7-8-9-13(12-14(19)23-17(2,3)4)15(20)18-10-11-22-16(18)21/h13H,5-12H2,1-4H3/t13-/m1/s1. The van der Waals surface area contributed by atoms with Crippen LogP contribution in [0.2, 0.25) is 0 Å². The van der Waals surface area contributed by atoms with Crippen molar-refractivity contribution >= 4 is 18.0 Å². The van der Waals surface area contributed by atoms with Crippen molar-refractivity contribution in [1.82, 2.24) is 4.90 Å². The molecule has 1 aliphatic rings. The van der Waals surface area contributed by atoms with Gasteiger partial charge >= 0.3 is 12.1 Å². The van der Waals surface area contributed by atoms with Gasteiger partial charge in [0.1, 0.15) is 12.2 Å². The van der Waals surface area contributed by atoms with E-state index in [1.54, 1.807) is 20.8 Å². The van der Waals surface area contributed by atoms with Gasteiger partial charge < -0.3 is 9.47 Å². The number of cyclic esters (lactones) is 1. The smallest absolute Gasteiger partial charge is 0.416 e. The van der Waals surface area contributed by atoms with Crippen LogP contribution in [0.15, 0.2) is 0 Å². The van der Waals surface area contributed by atoms with E-state index in [-0.39, 0.29) is 25.5 Å². The average molecular weight is 327 g/mol. The van der Waals surface area contributed by atoms with Crippen LogP contribution in [-0.4, -0.2) is 41.6 Å². The van der Waals surface area contributed by atoms with E-state index >= 15 is 0 Å². The Hall–Kier alpha value is -1.59. The monoisotopic (exact) mass is 327 g/mol. The lowest BCUT2D eigenvalue weighted by Gasteiger charge is -2.23. The van der Waals surface area contributed by atoms with Crippen molar-refractivity contribution in [1.29, 1.82) is 0 Å². The molecule has 0 aromatic carbocycles. The number of amides is 2. The summed E-state index contributed by atoms with van der Waals surface area (Å²) in [5.41, 5.74) is -0.584. The van der Waals surface area contributed by atoms with Crippen LogP contribution in [0.5, 0.6) is 0 Å². The fraction of sp³-hybridized carbons (Fsp3) is 0.824. The molecule has 6 nitrogen and oxygen atoms in total. The third-order valence-corrected chi connectivity index (χ3v) is 3.62. The third kappa shape index (κ3) is 7.01. The maximum Gasteiger partial charge on any atom is 0.416 e. The van der Waals surface area contributed by atoms with Crippen molar-refractivity contribution in [2.45, 2.75) is 71.8 Å². The first-order valence-corrected chi connectivity index (χ1v) is 8.44. The van der Waals surface area contributed by atoms with E-state index in [4.69, 9.17) is 9.47 Å². The van der Waals surface area contributed by atoms with Gasteiger partial charge in [-0.25, -0.2) is 9.69 Å². The van der Waals surface area contributed by atoms with Crippen molar-refractivity contribution < 1.29 is 23.9 Å². The summed E-state index contributed by atoms with van der Waals surface area (Å²) in [6.45, 7) is 7.98. The van der Waals surface area contributed by atoms with E-state index in [9.17, 15) is 14.4 Å². The Bertz CT molecular complexity index is 427. The molecule has 0 unspecified atom stereocenters. The minimum absolute atomic E-state index is 0.00596. The lowest BCUT2D eigenvalue weighted by molar-refractivity contribution is -0.158. The van der Waals surface area contributed by atoms with Gasteiger partial charge in [-0.2, -0.15) is 0 Å². The summed E-state index contributed by atoms with van der Waals surface area (Å²) >= 11 is 0. The minimum Gasteiger partial charge on any atom is -0.460 e. The molecule has 0 saturated carbocycles. The second-order valence-corrected chi connectivity index (χ2v) is 6.94. The average Bonchev–Trinajstić information content (AvgIpc) is 2.85. The zero-order chi connectivity index (χ0) is 17.5. The van der Waals surface area contributed by atoms with Crippen LogP contribution in [-0.2, 0) is 19.1 Å². The van der Waals surface area contributed by atoms with E-state index in [0.717, 1.165) is 30.6 Å². The summed E-state index contributed by atoms with van der Waals surface area (Å²) in [4.78, 5) is 37.3. The fourth-order valence-electron chi connectivity index (χ4n) is 2.53. The van der Waals surface area contributed by atoms with Crippen molar-refractivity contribution in [3.05, 3.63) is 0 Å². The molecule has 0 radical (unpaired) electrons. The molecule has 0 N–H and O–H groups in total. The number of hydrogen-bond acceptors (Lipinski definition) is 5. The predicted octanol–water partition coefficient (Wildman–Crippen LogP) is 3.28. The van der Waals surface area contributed by atoms with Crippen LogP contribution in [0, 0.1) is 5.92 Å². The number of nitrogens with zero attached hydrogens (tertiary/aromatic N) is 1. The Morgan fingerprint density at radius 1 is 1.26 bits per heavy atom. The molecular formula is C17H29NO5. The largest absolute Gasteiger partial charge is 0.460 e.